The van der Waals surface area contributed by atoms with Crippen molar-refractivity contribution in [3.05, 3.63) is 65.2 Å². The summed E-state index contributed by atoms with van der Waals surface area (Å²) in [5.41, 5.74) is 3.32. The number of sulfonamides is 1. The Morgan fingerprint density at radius 1 is 0.957 bits per heavy atom. The van der Waals surface area contributed by atoms with Gasteiger partial charge in [0.2, 0.25) is 10.0 Å². The van der Waals surface area contributed by atoms with Crippen molar-refractivity contribution in [1.82, 2.24) is 4.72 Å². The minimum absolute atomic E-state index is 0.0611. The van der Waals surface area contributed by atoms with Crippen molar-refractivity contribution in [3.8, 4) is 5.75 Å². The first kappa shape index (κ1) is 17.5. The monoisotopic (exact) mass is 333 g/mol. The molecule has 2 aromatic rings. The van der Waals surface area contributed by atoms with Crippen molar-refractivity contribution in [2.75, 3.05) is 12.4 Å². The molecule has 2 aromatic carbocycles. The molecule has 1 N–H and O–H groups in total. The second-order valence-electron chi connectivity index (χ2n) is 5.47. The summed E-state index contributed by atoms with van der Waals surface area (Å²) in [6.07, 6.45) is 0.970. The number of rotatable bonds is 8. The number of benzene rings is 2. The molecule has 5 heteroatoms. The number of hydrogen-bond acceptors (Lipinski definition) is 3. The van der Waals surface area contributed by atoms with Crippen molar-refractivity contribution in [2.45, 2.75) is 26.8 Å². The molecule has 0 heterocycles. The molecule has 0 fully saturated rings. The third-order valence-electron chi connectivity index (χ3n) is 3.57. The van der Waals surface area contributed by atoms with Crippen LogP contribution in [0.3, 0.4) is 0 Å². The highest BCUT2D eigenvalue weighted by Crippen LogP contribution is 2.12. The summed E-state index contributed by atoms with van der Waals surface area (Å²) < 4.78 is 32.0. The van der Waals surface area contributed by atoms with Crippen LogP contribution in [0.4, 0.5) is 0 Å². The van der Waals surface area contributed by atoms with Crippen LogP contribution in [0.2, 0.25) is 0 Å². The fourth-order valence-electron chi connectivity index (χ4n) is 2.06. The highest BCUT2D eigenvalue weighted by molar-refractivity contribution is 7.89. The number of aryl methyl sites for hydroxylation is 2. The SMILES string of the molecule is CCc1ccc(OCCS(=O)(=O)NCc2ccc(C)cc2)cc1. The normalized spacial score (nSPS) is 11.4. The van der Waals surface area contributed by atoms with Gasteiger partial charge in [-0.1, -0.05) is 48.9 Å². The van der Waals surface area contributed by atoms with Crippen LogP contribution in [0.15, 0.2) is 48.5 Å². The minimum Gasteiger partial charge on any atom is -0.492 e. The van der Waals surface area contributed by atoms with E-state index in [0.29, 0.717) is 12.3 Å². The second-order valence-corrected chi connectivity index (χ2v) is 7.40. The fourth-order valence-corrected chi connectivity index (χ4v) is 2.90. The van der Waals surface area contributed by atoms with Gasteiger partial charge in [-0.3, -0.25) is 0 Å². The average Bonchev–Trinajstić information content (AvgIpc) is 2.55. The molecule has 0 atom stereocenters. The van der Waals surface area contributed by atoms with Crippen LogP contribution < -0.4 is 9.46 Å². The molecule has 124 valence electrons. The van der Waals surface area contributed by atoms with E-state index in [1.165, 1.54) is 5.56 Å². The van der Waals surface area contributed by atoms with E-state index in [4.69, 9.17) is 4.74 Å². The Labute approximate surface area is 138 Å². The van der Waals surface area contributed by atoms with Crippen LogP contribution in [0.1, 0.15) is 23.6 Å². The molecular formula is C18H23NO3S. The van der Waals surface area contributed by atoms with Crippen LogP contribution in [-0.2, 0) is 23.0 Å². The van der Waals surface area contributed by atoms with Crippen LogP contribution in [0.5, 0.6) is 5.75 Å². The van der Waals surface area contributed by atoms with Gasteiger partial charge in [-0.15, -0.1) is 0 Å². The van der Waals surface area contributed by atoms with Gasteiger partial charge in [0.1, 0.15) is 12.4 Å². The van der Waals surface area contributed by atoms with Gasteiger partial charge < -0.3 is 4.74 Å². The second kappa shape index (κ2) is 8.13. The van der Waals surface area contributed by atoms with Gasteiger partial charge >= 0.3 is 0 Å². The summed E-state index contributed by atoms with van der Waals surface area (Å²) in [6, 6.07) is 15.5. The molecule has 0 radical (unpaired) electrons. The van der Waals surface area contributed by atoms with Crippen molar-refractivity contribution >= 4 is 10.0 Å². The van der Waals surface area contributed by atoms with E-state index >= 15 is 0 Å². The summed E-state index contributed by atoms with van der Waals surface area (Å²) in [5.74, 6) is 0.630. The Balaban J connectivity index is 1.77. The fraction of sp³-hybridized carbons (Fsp3) is 0.333. The molecule has 0 unspecified atom stereocenters. The molecule has 0 amide bonds. The van der Waals surface area contributed by atoms with E-state index in [1.54, 1.807) is 0 Å². The maximum Gasteiger partial charge on any atom is 0.215 e. The minimum atomic E-state index is -3.35. The molecule has 0 bridgehead atoms. The molecule has 4 nitrogen and oxygen atoms in total. The summed E-state index contributed by atoms with van der Waals surface area (Å²) in [7, 11) is -3.35. The topological polar surface area (TPSA) is 55.4 Å². The van der Waals surface area contributed by atoms with Gasteiger partial charge in [0.05, 0.1) is 5.75 Å². The summed E-state index contributed by atoms with van der Waals surface area (Å²) in [6.45, 7) is 4.52. The number of ether oxygens (including phenoxy) is 1. The first-order chi connectivity index (χ1) is 11.0. The van der Waals surface area contributed by atoms with Crippen molar-refractivity contribution in [1.29, 1.82) is 0 Å². The van der Waals surface area contributed by atoms with E-state index in [0.717, 1.165) is 17.5 Å². The van der Waals surface area contributed by atoms with Gasteiger partial charge in [0, 0.05) is 6.54 Å². The van der Waals surface area contributed by atoms with Gasteiger partial charge in [-0.25, -0.2) is 13.1 Å². The van der Waals surface area contributed by atoms with Crippen molar-refractivity contribution < 1.29 is 13.2 Å². The van der Waals surface area contributed by atoms with Crippen molar-refractivity contribution in [3.63, 3.8) is 0 Å². The lowest BCUT2D eigenvalue weighted by molar-refractivity contribution is 0.340. The van der Waals surface area contributed by atoms with E-state index < -0.39 is 10.0 Å². The van der Waals surface area contributed by atoms with Gasteiger partial charge in [0.25, 0.3) is 0 Å². The summed E-state index contributed by atoms with van der Waals surface area (Å²) in [4.78, 5) is 0. The predicted octanol–water partition coefficient (Wildman–Crippen LogP) is 3.06. The maximum atomic E-state index is 12.0. The lowest BCUT2D eigenvalue weighted by atomic mass is 10.2. The standard InChI is InChI=1S/C18H23NO3S/c1-3-16-8-10-18(11-9-16)22-12-13-23(20,21)19-14-17-6-4-15(2)5-7-17/h4-11,19H,3,12-14H2,1-2H3. The quantitative estimate of drug-likeness (QED) is 0.808. The zero-order valence-corrected chi connectivity index (χ0v) is 14.4. The van der Waals surface area contributed by atoms with Crippen LogP contribution >= 0.6 is 0 Å². The average molecular weight is 333 g/mol. The zero-order valence-electron chi connectivity index (χ0n) is 13.6. The molecule has 0 aliphatic rings. The largest absolute Gasteiger partial charge is 0.492 e. The van der Waals surface area contributed by atoms with Crippen molar-refractivity contribution in [2.24, 2.45) is 0 Å². The third-order valence-corrected chi connectivity index (χ3v) is 4.86. The van der Waals surface area contributed by atoms with E-state index in [1.807, 2.05) is 55.5 Å². The molecule has 0 aromatic heterocycles. The lowest BCUT2D eigenvalue weighted by Gasteiger charge is -2.09. The van der Waals surface area contributed by atoms with E-state index in [-0.39, 0.29) is 12.4 Å². The number of hydrogen-bond donors (Lipinski definition) is 1. The molecule has 0 saturated heterocycles. The van der Waals surface area contributed by atoms with Crippen LogP contribution in [0, 0.1) is 6.92 Å². The first-order valence-electron chi connectivity index (χ1n) is 7.73. The number of nitrogens with one attached hydrogen (secondary N) is 1. The third kappa shape index (κ3) is 6.04. The van der Waals surface area contributed by atoms with E-state index in [2.05, 4.69) is 11.6 Å². The highest BCUT2D eigenvalue weighted by atomic mass is 32.2. The lowest BCUT2D eigenvalue weighted by Crippen LogP contribution is -2.28. The van der Waals surface area contributed by atoms with Gasteiger partial charge in [-0.05, 0) is 36.6 Å². The summed E-state index contributed by atoms with van der Waals surface area (Å²) >= 11 is 0. The Hall–Kier alpha value is -1.85. The molecular weight excluding hydrogens is 310 g/mol. The van der Waals surface area contributed by atoms with Crippen LogP contribution in [-0.4, -0.2) is 20.8 Å². The maximum absolute atomic E-state index is 12.0. The van der Waals surface area contributed by atoms with E-state index in [9.17, 15) is 8.42 Å². The Kier molecular flexibility index (Phi) is 6.19. The summed E-state index contributed by atoms with van der Waals surface area (Å²) in [5, 5.41) is 0. The van der Waals surface area contributed by atoms with Crippen LogP contribution in [0.25, 0.3) is 0 Å². The van der Waals surface area contributed by atoms with Gasteiger partial charge in [0.15, 0.2) is 0 Å². The molecule has 0 aliphatic heterocycles. The molecule has 2 rings (SSSR count). The van der Waals surface area contributed by atoms with Gasteiger partial charge in [-0.2, -0.15) is 0 Å². The highest BCUT2D eigenvalue weighted by Gasteiger charge is 2.10. The Morgan fingerprint density at radius 3 is 2.17 bits per heavy atom. The smallest absolute Gasteiger partial charge is 0.215 e. The Bertz CT molecular complexity index is 707. The first-order valence-corrected chi connectivity index (χ1v) is 9.38. The molecule has 0 spiro atoms. The predicted molar refractivity (Wildman–Crippen MR) is 93.1 cm³/mol. The Morgan fingerprint density at radius 2 is 1.57 bits per heavy atom. The molecule has 23 heavy (non-hydrogen) atoms. The molecule has 0 saturated carbocycles. The molecule has 0 aliphatic carbocycles. The zero-order chi connectivity index (χ0) is 16.7.